The Labute approximate surface area is 111 Å². The minimum absolute atomic E-state index is 0.0455. The van der Waals surface area contributed by atoms with Crippen LogP contribution in [0, 0.1) is 0 Å². The molecule has 1 aromatic rings. The maximum absolute atomic E-state index is 6.05. The highest BCUT2D eigenvalue weighted by Gasteiger charge is 2.12. The first-order valence-electron chi connectivity index (χ1n) is 6.77. The summed E-state index contributed by atoms with van der Waals surface area (Å²) in [4.78, 5) is 0. The van der Waals surface area contributed by atoms with Crippen LogP contribution in [0.2, 0.25) is 0 Å². The maximum atomic E-state index is 6.05. The van der Waals surface area contributed by atoms with Crippen LogP contribution in [-0.4, -0.2) is 6.10 Å². The van der Waals surface area contributed by atoms with E-state index < -0.39 is 0 Å². The predicted molar refractivity (Wildman–Crippen MR) is 78.6 cm³/mol. The summed E-state index contributed by atoms with van der Waals surface area (Å²) in [6, 6.07) is 10.2. The van der Waals surface area contributed by atoms with Crippen LogP contribution in [0.25, 0.3) is 0 Å². The van der Waals surface area contributed by atoms with E-state index in [1.165, 1.54) is 19.3 Å². The lowest BCUT2D eigenvalue weighted by molar-refractivity contribution is 0.0350. The average Bonchev–Trinajstić information content (AvgIpc) is 2.43. The summed E-state index contributed by atoms with van der Waals surface area (Å²) in [5, 5.41) is 0. The van der Waals surface area contributed by atoms with Gasteiger partial charge >= 0.3 is 0 Å². The summed E-state index contributed by atoms with van der Waals surface area (Å²) in [6.45, 7) is 9.93. The molecule has 0 radical (unpaired) electrons. The second-order valence-electron chi connectivity index (χ2n) is 4.47. The van der Waals surface area contributed by atoms with Gasteiger partial charge in [0.05, 0.1) is 6.10 Å². The van der Waals surface area contributed by atoms with Gasteiger partial charge in [-0.05, 0) is 12.0 Å². The van der Waals surface area contributed by atoms with Crippen LogP contribution in [0.3, 0.4) is 0 Å². The minimum Gasteiger partial charge on any atom is -0.362 e. The Hall–Kier alpha value is -1.34. The van der Waals surface area contributed by atoms with Crippen molar-refractivity contribution in [3.8, 4) is 0 Å². The second-order valence-corrected chi connectivity index (χ2v) is 4.47. The first kappa shape index (κ1) is 14.7. The molecule has 0 heterocycles. The smallest absolute Gasteiger partial charge is 0.101 e. The third kappa shape index (κ3) is 4.89. The molecule has 1 rings (SSSR count). The summed E-state index contributed by atoms with van der Waals surface area (Å²) in [5.74, 6) is 0. The SMILES string of the molecule is C=C[C@@H](CCCCC)O[C@H](C=C)c1ccccc1. The highest BCUT2D eigenvalue weighted by molar-refractivity contribution is 5.20. The molecule has 0 N–H and O–H groups in total. The molecule has 0 amide bonds. The molecule has 18 heavy (non-hydrogen) atoms. The molecule has 0 aromatic heterocycles. The van der Waals surface area contributed by atoms with E-state index in [-0.39, 0.29) is 12.2 Å². The lowest BCUT2D eigenvalue weighted by Crippen LogP contribution is -2.13. The van der Waals surface area contributed by atoms with E-state index in [4.69, 9.17) is 4.74 Å². The highest BCUT2D eigenvalue weighted by Crippen LogP contribution is 2.22. The molecule has 0 aliphatic rings. The number of hydrogen-bond acceptors (Lipinski definition) is 1. The topological polar surface area (TPSA) is 9.23 Å². The van der Waals surface area contributed by atoms with Crippen molar-refractivity contribution in [3.05, 3.63) is 61.2 Å². The molecule has 98 valence electrons. The zero-order chi connectivity index (χ0) is 13.2. The quantitative estimate of drug-likeness (QED) is 0.435. The predicted octanol–water partition coefficient (Wildman–Crippen LogP) is 5.07. The Kier molecular flexibility index (Phi) is 7.12. The molecule has 2 atom stereocenters. The van der Waals surface area contributed by atoms with Gasteiger partial charge in [0.25, 0.3) is 0 Å². The number of hydrogen-bond donors (Lipinski definition) is 0. The monoisotopic (exact) mass is 244 g/mol. The number of benzene rings is 1. The van der Waals surface area contributed by atoms with Crippen LogP contribution in [0.1, 0.15) is 44.3 Å². The fourth-order valence-corrected chi connectivity index (χ4v) is 1.94. The van der Waals surface area contributed by atoms with Crippen molar-refractivity contribution >= 4 is 0 Å². The van der Waals surface area contributed by atoms with E-state index in [1.54, 1.807) is 0 Å². The third-order valence-corrected chi connectivity index (χ3v) is 3.02. The zero-order valence-electron chi connectivity index (χ0n) is 11.3. The van der Waals surface area contributed by atoms with Crippen molar-refractivity contribution < 1.29 is 4.74 Å². The Bertz CT molecular complexity index is 342. The first-order valence-corrected chi connectivity index (χ1v) is 6.77. The maximum Gasteiger partial charge on any atom is 0.101 e. The van der Waals surface area contributed by atoms with E-state index in [1.807, 2.05) is 30.4 Å². The van der Waals surface area contributed by atoms with E-state index in [9.17, 15) is 0 Å². The number of unbranched alkanes of at least 4 members (excludes halogenated alkanes) is 2. The third-order valence-electron chi connectivity index (χ3n) is 3.02. The minimum atomic E-state index is -0.0455. The molecule has 0 spiro atoms. The molecular formula is C17H24O. The van der Waals surface area contributed by atoms with Crippen LogP contribution < -0.4 is 0 Å². The molecule has 1 nitrogen and oxygen atoms in total. The molecule has 0 aliphatic carbocycles. The largest absolute Gasteiger partial charge is 0.362 e. The first-order chi connectivity index (χ1) is 8.81. The normalized spacial score (nSPS) is 13.8. The Morgan fingerprint density at radius 2 is 1.83 bits per heavy atom. The summed E-state index contributed by atoms with van der Waals surface area (Å²) in [7, 11) is 0. The summed E-state index contributed by atoms with van der Waals surface area (Å²) >= 11 is 0. The van der Waals surface area contributed by atoms with E-state index >= 15 is 0 Å². The Morgan fingerprint density at radius 1 is 1.11 bits per heavy atom. The fraction of sp³-hybridized carbons (Fsp3) is 0.412. The Morgan fingerprint density at radius 3 is 2.39 bits per heavy atom. The van der Waals surface area contributed by atoms with Gasteiger partial charge in [-0.1, -0.05) is 68.7 Å². The molecule has 0 bridgehead atoms. The van der Waals surface area contributed by atoms with E-state index in [0.717, 1.165) is 12.0 Å². The lowest BCUT2D eigenvalue weighted by atomic mass is 10.1. The van der Waals surface area contributed by atoms with Gasteiger partial charge in [-0.15, -0.1) is 13.2 Å². The number of ether oxygens (including phenoxy) is 1. The molecule has 0 saturated carbocycles. The molecular weight excluding hydrogens is 220 g/mol. The summed E-state index contributed by atoms with van der Waals surface area (Å²) in [6.07, 6.45) is 8.52. The zero-order valence-corrected chi connectivity index (χ0v) is 11.3. The van der Waals surface area contributed by atoms with Gasteiger partial charge in [-0.3, -0.25) is 0 Å². The Balaban J connectivity index is 2.55. The molecule has 0 aliphatic heterocycles. The highest BCUT2D eigenvalue weighted by atomic mass is 16.5. The molecule has 0 fully saturated rings. The number of rotatable bonds is 9. The fourth-order valence-electron chi connectivity index (χ4n) is 1.94. The second kappa shape index (κ2) is 8.71. The van der Waals surface area contributed by atoms with Crippen molar-refractivity contribution in [1.29, 1.82) is 0 Å². The van der Waals surface area contributed by atoms with Crippen LogP contribution in [0.4, 0.5) is 0 Å². The van der Waals surface area contributed by atoms with Crippen LogP contribution in [0.5, 0.6) is 0 Å². The van der Waals surface area contributed by atoms with Gasteiger partial charge in [0.1, 0.15) is 6.10 Å². The van der Waals surface area contributed by atoms with E-state index in [0.29, 0.717) is 0 Å². The van der Waals surface area contributed by atoms with Crippen LogP contribution in [0.15, 0.2) is 55.6 Å². The van der Waals surface area contributed by atoms with Gasteiger partial charge in [0.2, 0.25) is 0 Å². The summed E-state index contributed by atoms with van der Waals surface area (Å²) in [5.41, 5.74) is 1.15. The lowest BCUT2D eigenvalue weighted by Gasteiger charge is -2.20. The van der Waals surface area contributed by atoms with Crippen molar-refractivity contribution in [2.24, 2.45) is 0 Å². The molecule has 1 aromatic carbocycles. The van der Waals surface area contributed by atoms with Crippen molar-refractivity contribution in [1.82, 2.24) is 0 Å². The molecule has 1 heteroatoms. The molecule has 0 unspecified atom stereocenters. The molecule has 0 saturated heterocycles. The van der Waals surface area contributed by atoms with Gasteiger partial charge < -0.3 is 4.74 Å². The van der Waals surface area contributed by atoms with Crippen LogP contribution >= 0.6 is 0 Å². The van der Waals surface area contributed by atoms with Gasteiger partial charge in [0.15, 0.2) is 0 Å². The van der Waals surface area contributed by atoms with Crippen LogP contribution in [-0.2, 0) is 4.74 Å². The van der Waals surface area contributed by atoms with Crippen molar-refractivity contribution in [3.63, 3.8) is 0 Å². The van der Waals surface area contributed by atoms with Crippen molar-refractivity contribution in [2.45, 2.75) is 44.8 Å². The van der Waals surface area contributed by atoms with Gasteiger partial charge in [-0.25, -0.2) is 0 Å². The average molecular weight is 244 g/mol. The van der Waals surface area contributed by atoms with Crippen molar-refractivity contribution in [2.75, 3.05) is 0 Å². The summed E-state index contributed by atoms with van der Waals surface area (Å²) < 4.78 is 6.05. The van der Waals surface area contributed by atoms with Gasteiger partial charge in [0, 0.05) is 0 Å². The standard InChI is InChI=1S/C17H24O/c1-4-7-9-14-16(5-2)18-17(6-3)15-12-10-8-11-13-15/h5-6,8,10-13,16-17H,2-4,7,9,14H2,1H3/t16-,17+/m0/s1. The van der Waals surface area contributed by atoms with E-state index in [2.05, 4.69) is 32.2 Å². The van der Waals surface area contributed by atoms with Gasteiger partial charge in [-0.2, -0.15) is 0 Å².